The fourth-order valence-corrected chi connectivity index (χ4v) is 8.56. The molecule has 0 saturated carbocycles. The number of aromatic hydroxyl groups is 1. The minimum atomic E-state index is -3.70. The summed E-state index contributed by atoms with van der Waals surface area (Å²) in [4.78, 5) is 40.3. The van der Waals surface area contributed by atoms with Gasteiger partial charge in [-0.15, -0.1) is 15.0 Å². The van der Waals surface area contributed by atoms with Gasteiger partial charge in [0.15, 0.2) is 0 Å². The Hall–Kier alpha value is -6.12. The number of aromatic nitrogens is 3. The number of phenolic OH excluding ortho intramolecular Hbond substituents is 1. The molecule has 6 rings (SSSR count). The molecular weight excluding hydrogens is 677 g/mol. The molecule has 0 aliphatic carbocycles. The summed E-state index contributed by atoms with van der Waals surface area (Å²) in [6.45, 7) is 8.80. The number of aryl methyl sites for hydroxylation is 2. The monoisotopic (exact) mass is 713 g/mol. The molecule has 0 saturated heterocycles. The number of fused-ring (bicyclic) bond motifs is 1. The van der Waals surface area contributed by atoms with Crippen molar-refractivity contribution < 1.29 is 33.5 Å². The summed E-state index contributed by atoms with van der Waals surface area (Å²) in [5, 5.41) is 20.4. The van der Waals surface area contributed by atoms with Gasteiger partial charge in [0.05, 0.1) is 12.2 Å². The summed E-state index contributed by atoms with van der Waals surface area (Å²) < 4.78 is 25.5. The molecule has 6 aromatic rings. The predicted octanol–water partition coefficient (Wildman–Crippen LogP) is 6.92. The highest BCUT2D eigenvalue weighted by molar-refractivity contribution is 7.93. The number of carbonyl (C=O) groups is 3. The summed E-state index contributed by atoms with van der Waals surface area (Å²) in [6.07, 6.45) is 0.406. The molecule has 0 spiro atoms. The van der Waals surface area contributed by atoms with Gasteiger partial charge in [-0.1, -0.05) is 85.4 Å². The van der Waals surface area contributed by atoms with E-state index in [1.807, 2.05) is 12.1 Å². The molecule has 0 amide bonds. The molecule has 5 aromatic carbocycles. The van der Waals surface area contributed by atoms with Crippen molar-refractivity contribution in [1.29, 1.82) is 0 Å². The Kier molecular flexibility index (Phi) is 10.3. The lowest BCUT2D eigenvalue weighted by atomic mass is 10.0. The highest BCUT2D eigenvalue weighted by atomic mass is 31.2. The zero-order valence-electron chi connectivity index (χ0n) is 28.9. The first-order valence-corrected chi connectivity index (χ1v) is 18.2. The average Bonchev–Trinajstić information content (AvgIpc) is 3.58. The van der Waals surface area contributed by atoms with Crippen LogP contribution in [0.3, 0.4) is 0 Å². The molecule has 0 aliphatic heterocycles. The maximum absolute atomic E-state index is 14.7. The predicted molar refractivity (Wildman–Crippen MR) is 199 cm³/mol. The van der Waals surface area contributed by atoms with Crippen LogP contribution in [0.2, 0.25) is 0 Å². The Bertz CT molecular complexity index is 2320. The molecule has 0 atom stereocenters. The maximum Gasteiger partial charge on any atom is 0.338 e. The molecule has 0 radical (unpaired) electrons. The van der Waals surface area contributed by atoms with Crippen LogP contribution in [-0.2, 0) is 31.9 Å². The van der Waals surface area contributed by atoms with E-state index in [2.05, 4.69) is 16.8 Å². The van der Waals surface area contributed by atoms with E-state index in [9.17, 15) is 24.1 Å². The Morgan fingerprint density at radius 2 is 1.38 bits per heavy atom. The summed E-state index contributed by atoms with van der Waals surface area (Å²) in [7, 11) is -3.70. The Morgan fingerprint density at radius 3 is 2.00 bits per heavy atom. The van der Waals surface area contributed by atoms with Crippen LogP contribution in [0.4, 0.5) is 0 Å². The van der Waals surface area contributed by atoms with Crippen LogP contribution in [0.15, 0.2) is 121 Å². The van der Waals surface area contributed by atoms with Crippen LogP contribution in [0.25, 0.3) is 16.7 Å². The smallest absolute Gasteiger partial charge is 0.338 e. The first kappa shape index (κ1) is 35.7. The number of esters is 2. The summed E-state index contributed by atoms with van der Waals surface area (Å²) in [5.74, 6) is -1.11. The highest BCUT2D eigenvalue weighted by Gasteiger charge is 2.38. The largest absolute Gasteiger partial charge is 0.506 e. The molecule has 0 bridgehead atoms. The van der Waals surface area contributed by atoms with Crippen molar-refractivity contribution in [2.24, 2.45) is 0 Å². The lowest BCUT2D eigenvalue weighted by molar-refractivity contribution is -0.138. The van der Waals surface area contributed by atoms with Crippen LogP contribution >= 0.6 is 7.14 Å². The van der Waals surface area contributed by atoms with Crippen LogP contribution in [0, 0.1) is 13.8 Å². The molecule has 0 aliphatic rings. The molecule has 0 unspecified atom stereocenters. The van der Waals surface area contributed by atoms with Gasteiger partial charge in [0.1, 0.15) is 29.1 Å². The fourth-order valence-electron chi connectivity index (χ4n) is 5.94. The third-order valence-electron chi connectivity index (χ3n) is 8.55. The van der Waals surface area contributed by atoms with Crippen molar-refractivity contribution >= 4 is 46.2 Å². The van der Waals surface area contributed by atoms with E-state index < -0.39 is 24.6 Å². The first-order chi connectivity index (χ1) is 24.9. The van der Waals surface area contributed by atoms with Crippen molar-refractivity contribution in [1.82, 2.24) is 15.0 Å². The van der Waals surface area contributed by atoms with Crippen LogP contribution in [0.1, 0.15) is 49.9 Å². The number of rotatable bonds is 12. The first-order valence-electron chi connectivity index (χ1n) is 16.5. The highest BCUT2D eigenvalue weighted by Crippen LogP contribution is 2.48. The van der Waals surface area contributed by atoms with Gasteiger partial charge in [0.2, 0.25) is 12.7 Å². The zero-order valence-corrected chi connectivity index (χ0v) is 29.8. The minimum absolute atomic E-state index is 0.0520. The van der Waals surface area contributed by atoms with Gasteiger partial charge in [-0.05, 0) is 73.4 Å². The van der Waals surface area contributed by atoms with Crippen molar-refractivity contribution in [2.75, 3.05) is 6.61 Å². The second-order valence-corrected chi connectivity index (χ2v) is 15.1. The van der Waals surface area contributed by atoms with Gasteiger partial charge in [0, 0.05) is 28.2 Å². The summed E-state index contributed by atoms with van der Waals surface area (Å²) in [6, 6.07) is 30.9. The number of benzene rings is 5. The van der Waals surface area contributed by atoms with Crippen molar-refractivity contribution in [3.05, 3.63) is 155 Å². The average molecular weight is 714 g/mol. The molecule has 0 fully saturated rings. The quantitative estimate of drug-likeness (QED) is 0.0814. The molecule has 1 heterocycles. The number of phenols is 1. The number of hydrogen-bond donors (Lipinski definition) is 1. The fraction of sp³-hybridized carbons (Fsp3) is 0.146. The SMILES string of the molecule is C=C(C)C(=O)OCCc1ccc(O)c(-n2nc3ccc(C(=O)OCc4cc(C)c(C(=O)P(=O)(c5ccccc5)c5ccccc5)c(C)c4)cc3n2)c1. The van der Waals surface area contributed by atoms with E-state index in [1.54, 1.807) is 112 Å². The molecule has 262 valence electrons. The number of hydrogen-bond acceptors (Lipinski definition) is 9. The van der Waals surface area contributed by atoms with Crippen LogP contribution < -0.4 is 10.6 Å². The number of carbonyl (C=O) groups excluding carboxylic acids is 3. The molecular formula is C41H36N3O7P. The summed E-state index contributed by atoms with van der Waals surface area (Å²) in [5.41, 5.74) is 4.43. The van der Waals surface area contributed by atoms with Gasteiger partial charge in [0.25, 0.3) is 0 Å². The van der Waals surface area contributed by atoms with E-state index in [0.29, 0.717) is 61.6 Å². The van der Waals surface area contributed by atoms with E-state index >= 15 is 0 Å². The maximum atomic E-state index is 14.7. The van der Waals surface area contributed by atoms with Crippen LogP contribution in [0.5, 0.6) is 5.75 Å². The normalized spacial score (nSPS) is 11.3. The Labute approximate surface area is 300 Å². The van der Waals surface area contributed by atoms with Gasteiger partial charge in [-0.2, -0.15) is 0 Å². The van der Waals surface area contributed by atoms with E-state index in [0.717, 1.165) is 5.56 Å². The van der Waals surface area contributed by atoms with E-state index in [-0.39, 0.29) is 24.5 Å². The van der Waals surface area contributed by atoms with Gasteiger partial charge in [-0.3, -0.25) is 4.79 Å². The minimum Gasteiger partial charge on any atom is -0.506 e. The lowest BCUT2D eigenvalue weighted by Crippen LogP contribution is -2.23. The molecule has 52 heavy (non-hydrogen) atoms. The molecule has 1 N–H and O–H groups in total. The zero-order chi connectivity index (χ0) is 37.0. The molecule has 10 nitrogen and oxygen atoms in total. The third kappa shape index (κ3) is 7.33. The third-order valence-corrected chi connectivity index (χ3v) is 11.4. The Morgan fingerprint density at radius 1 is 0.769 bits per heavy atom. The second-order valence-electron chi connectivity index (χ2n) is 12.4. The van der Waals surface area contributed by atoms with E-state index in [1.165, 1.54) is 10.9 Å². The van der Waals surface area contributed by atoms with Crippen molar-refractivity contribution in [3.8, 4) is 11.4 Å². The van der Waals surface area contributed by atoms with Gasteiger partial charge >= 0.3 is 11.9 Å². The Balaban J connectivity index is 1.17. The van der Waals surface area contributed by atoms with Crippen molar-refractivity contribution in [2.45, 2.75) is 33.8 Å². The van der Waals surface area contributed by atoms with E-state index in [4.69, 9.17) is 9.47 Å². The van der Waals surface area contributed by atoms with Gasteiger partial charge < -0.3 is 19.1 Å². The second kappa shape index (κ2) is 15.0. The van der Waals surface area contributed by atoms with Crippen LogP contribution in [-0.4, -0.2) is 44.2 Å². The number of nitrogens with zero attached hydrogens (tertiary/aromatic N) is 3. The topological polar surface area (TPSA) is 138 Å². The summed E-state index contributed by atoms with van der Waals surface area (Å²) >= 11 is 0. The molecule has 1 aromatic heterocycles. The molecule has 11 heteroatoms. The van der Waals surface area contributed by atoms with Gasteiger partial charge in [-0.25, -0.2) is 9.59 Å². The number of ether oxygens (including phenoxy) is 2. The standard InChI is InChI=1S/C41H36N3O7P/c1-26(2)39(46)50-20-19-29-15-18-37(45)36(23-29)44-42-34-17-16-31(24-35(34)43-44)40(47)51-25-30-21-27(3)38(28(4)22-30)41(48)52(49,32-11-7-5-8-12-32)33-13-9-6-10-14-33/h5-18,21-24,45H,1,19-20,25H2,2-4H3. The lowest BCUT2D eigenvalue weighted by Gasteiger charge is -2.21. The van der Waals surface area contributed by atoms with Crippen molar-refractivity contribution in [3.63, 3.8) is 0 Å².